The number of amides is 1. The summed E-state index contributed by atoms with van der Waals surface area (Å²) in [6.07, 6.45) is -1.42. The lowest BCUT2D eigenvalue weighted by molar-refractivity contribution is 0.102. The van der Waals surface area contributed by atoms with Crippen molar-refractivity contribution >= 4 is 28.4 Å². The third kappa shape index (κ3) is 4.29. The second kappa shape index (κ2) is 9.10. The number of H-pyrrole nitrogens is 1. The van der Waals surface area contributed by atoms with E-state index in [1.807, 2.05) is 6.07 Å². The molecule has 0 spiro atoms. The third-order valence-corrected chi connectivity index (χ3v) is 5.51. The van der Waals surface area contributed by atoms with Crippen molar-refractivity contribution in [3.05, 3.63) is 65.6 Å². The Hall–Kier alpha value is -3.99. The highest BCUT2D eigenvalue weighted by Crippen LogP contribution is 2.33. The predicted molar refractivity (Wildman–Crippen MR) is 119 cm³/mol. The van der Waals surface area contributed by atoms with E-state index in [9.17, 15) is 18.0 Å². The zero-order valence-corrected chi connectivity index (χ0v) is 17.8. The Bertz CT molecular complexity index is 1340. The molecule has 0 bridgehead atoms. The summed E-state index contributed by atoms with van der Waals surface area (Å²) in [4.78, 5) is 22.7. The molecule has 5 rings (SSSR count). The number of anilines is 2. The number of fused-ring (bicyclic) bond motifs is 1. The maximum atomic E-state index is 13.6. The van der Waals surface area contributed by atoms with E-state index in [0.717, 1.165) is 17.8 Å². The van der Waals surface area contributed by atoms with Gasteiger partial charge in [-0.15, -0.1) is 5.10 Å². The van der Waals surface area contributed by atoms with Crippen molar-refractivity contribution < 1.29 is 22.7 Å². The molecule has 0 atom stereocenters. The van der Waals surface area contributed by atoms with Crippen LogP contribution in [-0.2, 0) is 4.74 Å². The molecule has 0 radical (unpaired) electrons. The zero-order chi connectivity index (χ0) is 23.7. The van der Waals surface area contributed by atoms with Crippen LogP contribution in [0.2, 0.25) is 0 Å². The Balaban J connectivity index is 1.63. The lowest BCUT2D eigenvalue weighted by Gasteiger charge is -2.29. The number of morpholine rings is 1. The Morgan fingerprint density at radius 1 is 1.15 bits per heavy atom. The fourth-order valence-electron chi connectivity index (χ4n) is 3.89. The van der Waals surface area contributed by atoms with Crippen LogP contribution in [-0.4, -0.2) is 52.4 Å². The molecule has 34 heavy (non-hydrogen) atoms. The highest BCUT2D eigenvalue weighted by Gasteiger charge is 2.23. The number of alkyl halides is 2. The average molecular weight is 468 g/mol. The van der Waals surface area contributed by atoms with Gasteiger partial charge in [0.15, 0.2) is 5.82 Å². The van der Waals surface area contributed by atoms with Crippen LogP contribution < -0.4 is 10.2 Å². The average Bonchev–Trinajstić information content (AvgIpc) is 3.28. The van der Waals surface area contributed by atoms with Gasteiger partial charge in [-0.05, 0) is 42.5 Å². The molecule has 2 N–H and O–H groups in total. The van der Waals surface area contributed by atoms with Gasteiger partial charge in [0.1, 0.15) is 17.2 Å². The smallest absolute Gasteiger partial charge is 0.264 e. The summed E-state index contributed by atoms with van der Waals surface area (Å²) in [5.41, 5.74) is 1.32. The lowest BCUT2D eigenvalue weighted by atomic mass is 10.1. The van der Waals surface area contributed by atoms with E-state index in [0.29, 0.717) is 31.8 Å². The van der Waals surface area contributed by atoms with E-state index in [1.165, 1.54) is 12.3 Å². The van der Waals surface area contributed by atoms with Gasteiger partial charge in [0.2, 0.25) is 0 Å². The van der Waals surface area contributed by atoms with E-state index >= 15 is 0 Å². The molecule has 2 aromatic carbocycles. The van der Waals surface area contributed by atoms with Gasteiger partial charge >= 0.3 is 0 Å². The standard InChI is InChI=1S/C23H19F3N6O2/c24-13-3-4-15(16(10-13)21(25)26)22-28-18-12-14(32-6-8-34-9-7-32)11-17(20(18)30-22)23(33)29-19-2-1-5-27-31-19/h1-5,10-12,21H,6-9H2,(H,28,30)(H,29,31,33). The number of hydrogen-bond donors (Lipinski definition) is 2. The number of carbonyl (C=O) groups excluding carboxylic acids is 1. The predicted octanol–water partition coefficient (Wildman–Crippen LogP) is 4.19. The summed E-state index contributed by atoms with van der Waals surface area (Å²) in [5, 5.41) is 10.3. The van der Waals surface area contributed by atoms with E-state index in [2.05, 4.69) is 30.4 Å². The minimum absolute atomic E-state index is 0.0563. The minimum atomic E-state index is -2.90. The molecule has 2 aromatic heterocycles. The van der Waals surface area contributed by atoms with E-state index in [-0.39, 0.29) is 28.3 Å². The number of imidazole rings is 1. The van der Waals surface area contributed by atoms with Crippen molar-refractivity contribution in [1.82, 2.24) is 20.2 Å². The number of hydrogen-bond acceptors (Lipinski definition) is 6. The van der Waals surface area contributed by atoms with Gasteiger partial charge < -0.3 is 19.9 Å². The van der Waals surface area contributed by atoms with Gasteiger partial charge in [0, 0.05) is 36.1 Å². The molecule has 1 saturated heterocycles. The molecular formula is C23H19F3N6O2. The van der Waals surface area contributed by atoms with Gasteiger partial charge in [-0.2, -0.15) is 5.10 Å². The fraction of sp³-hybridized carbons (Fsp3) is 0.217. The van der Waals surface area contributed by atoms with E-state index in [1.54, 1.807) is 18.2 Å². The van der Waals surface area contributed by atoms with Crippen LogP contribution >= 0.6 is 0 Å². The first-order chi connectivity index (χ1) is 16.5. The van der Waals surface area contributed by atoms with Crippen LogP contribution in [0.15, 0.2) is 48.7 Å². The van der Waals surface area contributed by atoms with E-state index in [4.69, 9.17) is 4.74 Å². The second-order valence-electron chi connectivity index (χ2n) is 7.67. The van der Waals surface area contributed by atoms with Gasteiger partial charge in [-0.25, -0.2) is 18.2 Å². The first-order valence-electron chi connectivity index (χ1n) is 10.5. The molecule has 0 aliphatic carbocycles. The van der Waals surface area contributed by atoms with Crippen molar-refractivity contribution in [2.24, 2.45) is 0 Å². The maximum absolute atomic E-state index is 13.6. The van der Waals surface area contributed by atoms with Crippen LogP contribution in [0.1, 0.15) is 22.3 Å². The molecule has 1 aliphatic heterocycles. The van der Waals surface area contributed by atoms with Crippen LogP contribution in [0.4, 0.5) is 24.7 Å². The summed E-state index contributed by atoms with van der Waals surface area (Å²) in [5.74, 6) is -0.884. The first-order valence-corrected chi connectivity index (χ1v) is 10.5. The Morgan fingerprint density at radius 3 is 2.71 bits per heavy atom. The molecule has 1 amide bonds. The summed E-state index contributed by atoms with van der Waals surface area (Å²) in [6, 6.07) is 9.86. The highest BCUT2D eigenvalue weighted by atomic mass is 19.3. The van der Waals surface area contributed by atoms with Crippen molar-refractivity contribution in [1.29, 1.82) is 0 Å². The molecule has 11 heteroatoms. The van der Waals surface area contributed by atoms with Crippen LogP contribution in [0, 0.1) is 5.82 Å². The number of halogens is 3. The molecule has 174 valence electrons. The summed E-state index contributed by atoms with van der Waals surface area (Å²) in [7, 11) is 0. The van der Waals surface area contributed by atoms with E-state index < -0.39 is 23.7 Å². The Morgan fingerprint density at radius 2 is 1.97 bits per heavy atom. The number of rotatable bonds is 5. The number of nitrogens with one attached hydrogen (secondary N) is 2. The van der Waals surface area contributed by atoms with Gasteiger partial charge in [0.25, 0.3) is 12.3 Å². The summed E-state index contributed by atoms with van der Waals surface area (Å²) < 4.78 is 46.2. The largest absolute Gasteiger partial charge is 0.378 e. The normalized spacial score (nSPS) is 14.1. The van der Waals surface area contributed by atoms with Crippen LogP contribution in [0.3, 0.4) is 0 Å². The Kier molecular flexibility index (Phi) is 5.84. The molecule has 4 aromatic rings. The molecule has 3 heterocycles. The molecular weight excluding hydrogens is 449 g/mol. The van der Waals surface area contributed by atoms with Crippen LogP contribution in [0.25, 0.3) is 22.4 Å². The van der Waals surface area contributed by atoms with Crippen molar-refractivity contribution in [3.63, 3.8) is 0 Å². The lowest BCUT2D eigenvalue weighted by Crippen LogP contribution is -2.36. The molecule has 0 unspecified atom stereocenters. The maximum Gasteiger partial charge on any atom is 0.264 e. The third-order valence-electron chi connectivity index (χ3n) is 5.51. The first kappa shape index (κ1) is 21.8. The second-order valence-corrected chi connectivity index (χ2v) is 7.67. The monoisotopic (exact) mass is 468 g/mol. The number of aromatic nitrogens is 4. The number of benzene rings is 2. The SMILES string of the molecule is O=C(Nc1cccnn1)c1cc(N2CCOCC2)cc2[nH]c(-c3ccc(F)cc3C(F)F)nc12. The number of nitrogens with zero attached hydrogens (tertiary/aromatic N) is 4. The van der Waals surface area contributed by atoms with Crippen LogP contribution in [0.5, 0.6) is 0 Å². The number of ether oxygens (including phenoxy) is 1. The van der Waals surface area contributed by atoms with Crippen molar-refractivity contribution in [2.75, 3.05) is 36.5 Å². The quantitative estimate of drug-likeness (QED) is 0.456. The van der Waals surface area contributed by atoms with Gasteiger partial charge in [-0.1, -0.05) is 0 Å². The Labute approximate surface area is 191 Å². The molecule has 0 saturated carbocycles. The summed E-state index contributed by atoms with van der Waals surface area (Å²) >= 11 is 0. The highest BCUT2D eigenvalue weighted by molar-refractivity contribution is 6.12. The number of aromatic amines is 1. The molecule has 1 aliphatic rings. The van der Waals surface area contributed by atoms with Gasteiger partial charge in [-0.3, -0.25) is 4.79 Å². The molecule has 8 nitrogen and oxygen atoms in total. The minimum Gasteiger partial charge on any atom is -0.378 e. The number of carbonyl (C=O) groups is 1. The fourth-order valence-corrected chi connectivity index (χ4v) is 3.89. The molecule has 1 fully saturated rings. The summed E-state index contributed by atoms with van der Waals surface area (Å²) in [6.45, 7) is 2.35. The zero-order valence-electron chi connectivity index (χ0n) is 17.8. The van der Waals surface area contributed by atoms with Gasteiger partial charge in [0.05, 0.1) is 24.3 Å². The topological polar surface area (TPSA) is 96.0 Å². The van der Waals surface area contributed by atoms with Crippen molar-refractivity contribution in [3.8, 4) is 11.4 Å². The van der Waals surface area contributed by atoms with Crippen molar-refractivity contribution in [2.45, 2.75) is 6.43 Å².